The van der Waals surface area contributed by atoms with Crippen LogP contribution in [0.3, 0.4) is 0 Å². The Hall–Kier alpha value is -3.47. The van der Waals surface area contributed by atoms with E-state index in [1.807, 2.05) is 54.6 Å². The average molecular weight is 399 g/mol. The number of amides is 2. The normalized spacial score (nSPS) is 18.3. The zero-order valence-electron chi connectivity index (χ0n) is 16.8. The molecule has 1 fully saturated rings. The van der Waals surface area contributed by atoms with E-state index < -0.39 is 5.41 Å². The van der Waals surface area contributed by atoms with Crippen LogP contribution in [0.5, 0.6) is 0 Å². The van der Waals surface area contributed by atoms with Gasteiger partial charge < -0.3 is 10.6 Å². The van der Waals surface area contributed by atoms with Gasteiger partial charge in [-0.3, -0.25) is 14.6 Å². The standard InChI is InChI=1S/C25H25N3O2/c26-24(30)25(13-15-28(18-25)23(29)16-21-11-6-7-14-27-21)17-20-10-4-5-12-22(20)19-8-2-1-3-9-19/h1-12,14H,13,15-18H2,(H2,26,30)/t25-/m0/s1. The van der Waals surface area contributed by atoms with Crippen LogP contribution in [0.2, 0.25) is 0 Å². The number of nitrogens with two attached hydrogens (primary N) is 1. The molecule has 0 radical (unpaired) electrons. The number of rotatable bonds is 6. The van der Waals surface area contributed by atoms with Crippen molar-refractivity contribution < 1.29 is 9.59 Å². The molecule has 2 amide bonds. The van der Waals surface area contributed by atoms with Gasteiger partial charge in [0.15, 0.2) is 0 Å². The van der Waals surface area contributed by atoms with Gasteiger partial charge in [0, 0.05) is 25.0 Å². The van der Waals surface area contributed by atoms with E-state index in [0.29, 0.717) is 25.9 Å². The maximum atomic E-state index is 12.8. The lowest BCUT2D eigenvalue weighted by atomic mass is 9.78. The van der Waals surface area contributed by atoms with Crippen LogP contribution in [0, 0.1) is 5.41 Å². The van der Waals surface area contributed by atoms with Crippen LogP contribution in [-0.2, 0) is 22.4 Å². The molecule has 1 atom stereocenters. The van der Waals surface area contributed by atoms with Crippen molar-refractivity contribution in [1.29, 1.82) is 0 Å². The first kappa shape index (κ1) is 19.8. The van der Waals surface area contributed by atoms with Crippen LogP contribution in [-0.4, -0.2) is 34.8 Å². The van der Waals surface area contributed by atoms with Gasteiger partial charge >= 0.3 is 0 Å². The SMILES string of the molecule is NC(=O)[C@]1(Cc2ccccc2-c2ccccc2)CCN(C(=O)Cc2ccccn2)C1. The summed E-state index contributed by atoms with van der Waals surface area (Å²) >= 11 is 0. The van der Waals surface area contributed by atoms with E-state index in [4.69, 9.17) is 5.73 Å². The predicted molar refractivity (Wildman–Crippen MR) is 116 cm³/mol. The molecule has 2 aromatic carbocycles. The number of hydrogen-bond donors (Lipinski definition) is 1. The maximum Gasteiger partial charge on any atom is 0.228 e. The summed E-state index contributed by atoms with van der Waals surface area (Å²) in [5, 5.41) is 0. The minimum Gasteiger partial charge on any atom is -0.369 e. The number of carbonyl (C=O) groups excluding carboxylic acids is 2. The number of pyridine rings is 1. The van der Waals surface area contributed by atoms with Crippen molar-refractivity contribution >= 4 is 11.8 Å². The fraction of sp³-hybridized carbons (Fsp3) is 0.240. The summed E-state index contributed by atoms with van der Waals surface area (Å²) in [6, 6.07) is 23.7. The summed E-state index contributed by atoms with van der Waals surface area (Å²) in [5.41, 5.74) is 9.14. The van der Waals surface area contributed by atoms with E-state index in [9.17, 15) is 9.59 Å². The minimum atomic E-state index is -0.759. The summed E-state index contributed by atoms with van der Waals surface area (Å²) in [5.74, 6) is -0.369. The molecule has 5 nitrogen and oxygen atoms in total. The van der Waals surface area contributed by atoms with Crippen molar-refractivity contribution in [3.05, 3.63) is 90.3 Å². The van der Waals surface area contributed by atoms with Crippen molar-refractivity contribution in [2.45, 2.75) is 19.3 Å². The number of carbonyl (C=O) groups is 2. The van der Waals surface area contributed by atoms with Crippen molar-refractivity contribution in [2.24, 2.45) is 11.1 Å². The zero-order valence-corrected chi connectivity index (χ0v) is 16.8. The number of likely N-dealkylation sites (tertiary alicyclic amines) is 1. The zero-order chi connectivity index (χ0) is 21.0. The maximum absolute atomic E-state index is 12.8. The highest BCUT2D eigenvalue weighted by Crippen LogP contribution is 2.37. The lowest BCUT2D eigenvalue weighted by Gasteiger charge is -2.27. The largest absolute Gasteiger partial charge is 0.369 e. The number of nitrogens with zero attached hydrogens (tertiary/aromatic N) is 2. The first-order chi connectivity index (χ1) is 14.6. The van der Waals surface area contributed by atoms with Crippen LogP contribution in [0.4, 0.5) is 0 Å². The highest BCUT2D eigenvalue weighted by Gasteiger charge is 2.45. The van der Waals surface area contributed by atoms with Gasteiger partial charge in [0.25, 0.3) is 0 Å². The van der Waals surface area contributed by atoms with Crippen molar-refractivity contribution in [3.63, 3.8) is 0 Å². The van der Waals surface area contributed by atoms with E-state index in [1.165, 1.54) is 0 Å². The smallest absolute Gasteiger partial charge is 0.228 e. The number of hydrogen-bond acceptors (Lipinski definition) is 3. The van der Waals surface area contributed by atoms with Gasteiger partial charge in [0.05, 0.1) is 11.8 Å². The van der Waals surface area contributed by atoms with Crippen LogP contribution in [0.15, 0.2) is 79.0 Å². The molecule has 1 aromatic heterocycles. The Morgan fingerprint density at radius 3 is 2.43 bits per heavy atom. The van der Waals surface area contributed by atoms with Crippen LogP contribution < -0.4 is 5.73 Å². The summed E-state index contributed by atoms with van der Waals surface area (Å²) in [4.78, 5) is 31.4. The molecular formula is C25H25N3O2. The molecule has 3 aromatic rings. The molecule has 152 valence electrons. The summed E-state index contributed by atoms with van der Waals surface area (Å²) in [7, 11) is 0. The highest BCUT2D eigenvalue weighted by atomic mass is 16.2. The molecule has 0 unspecified atom stereocenters. The molecule has 2 N–H and O–H groups in total. The van der Waals surface area contributed by atoms with Crippen LogP contribution in [0.1, 0.15) is 17.7 Å². The first-order valence-electron chi connectivity index (χ1n) is 10.2. The number of aromatic nitrogens is 1. The van der Waals surface area contributed by atoms with Gasteiger partial charge in [-0.05, 0) is 41.7 Å². The van der Waals surface area contributed by atoms with Crippen LogP contribution >= 0.6 is 0 Å². The molecule has 0 spiro atoms. The molecule has 5 heteroatoms. The first-order valence-corrected chi connectivity index (χ1v) is 10.2. The molecule has 1 saturated heterocycles. The van der Waals surface area contributed by atoms with E-state index >= 15 is 0 Å². The van der Waals surface area contributed by atoms with Crippen molar-refractivity contribution in [1.82, 2.24) is 9.88 Å². The van der Waals surface area contributed by atoms with E-state index in [0.717, 1.165) is 22.4 Å². The Bertz CT molecular complexity index is 1040. The summed E-state index contributed by atoms with van der Waals surface area (Å²) in [6.07, 6.45) is 3.00. The quantitative estimate of drug-likeness (QED) is 0.691. The molecule has 30 heavy (non-hydrogen) atoms. The van der Waals surface area contributed by atoms with E-state index in [2.05, 4.69) is 23.2 Å². The Morgan fingerprint density at radius 2 is 1.70 bits per heavy atom. The molecule has 2 heterocycles. The van der Waals surface area contributed by atoms with E-state index in [1.54, 1.807) is 11.1 Å². The van der Waals surface area contributed by atoms with Gasteiger partial charge in [-0.25, -0.2) is 0 Å². The van der Waals surface area contributed by atoms with Crippen LogP contribution in [0.25, 0.3) is 11.1 Å². The topological polar surface area (TPSA) is 76.3 Å². The molecule has 1 aliphatic heterocycles. The third-order valence-corrected chi connectivity index (χ3v) is 5.92. The second-order valence-corrected chi connectivity index (χ2v) is 7.91. The van der Waals surface area contributed by atoms with Gasteiger partial charge in [0.1, 0.15) is 0 Å². The molecule has 0 aliphatic carbocycles. The fourth-order valence-corrected chi connectivity index (χ4v) is 4.23. The van der Waals surface area contributed by atoms with Gasteiger partial charge in [-0.15, -0.1) is 0 Å². The Labute approximate surface area is 176 Å². The van der Waals surface area contributed by atoms with Gasteiger partial charge in [0.2, 0.25) is 11.8 Å². The van der Waals surface area contributed by atoms with Gasteiger partial charge in [-0.2, -0.15) is 0 Å². The Balaban J connectivity index is 1.56. The third kappa shape index (κ3) is 4.10. The summed E-state index contributed by atoms with van der Waals surface area (Å²) in [6.45, 7) is 0.874. The molecular weight excluding hydrogens is 374 g/mol. The predicted octanol–water partition coefficient (Wildman–Crippen LogP) is 3.24. The monoisotopic (exact) mass is 399 g/mol. The third-order valence-electron chi connectivity index (χ3n) is 5.92. The number of benzene rings is 2. The lowest BCUT2D eigenvalue weighted by Crippen LogP contribution is -2.43. The Kier molecular flexibility index (Phi) is 5.61. The lowest BCUT2D eigenvalue weighted by molar-refractivity contribution is -0.131. The minimum absolute atomic E-state index is 0.0202. The second kappa shape index (κ2) is 8.49. The highest BCUT2D eigenvalue weighted by molar-refractivity contribution is 5.85. The average Bonchev–Trinajstić information content (AvgIpc) is 3.21. The fourth-order valence-electron chi connectivity index (χ4n) is 4.23. The molecule has 0 bridgehead atoms. The second-order valence-electron chi connectivity index (χ2n) is 7.91. The molecule has 0 saturated carbocycles. The van der Waals surface area contributed by atoms with Gasteiger partial charge in [-0.1, -0.05) is 60.7 Å². The number of primary amides is 1. The van der Waals surface area contributed by atoms with E-state index in [-0.39, 0.29) is 18.2 Å². The molecule has 4 rings (SSSR count). The Morgan fingerprint density at radius 1 is 0.967 bits per heavy atom. The molecule has 1 aliphatic rings. The van der Waals surface area contributed by atoms with Crippen molar-refractivity contribution in [3.8, 4) is 11.1 Å². The summed E-state index contributed by atoms with van der Waals surface area (Å²) < 4.78 is 0. The van der Waals surface area contributed by atoms with Crippen molar-refractivity contribution in [2.75, 3.05) is 13.1 Å².